The Labute approximate surface area is 229 Å². The van der Waals surface area contributed by atoms with Crippen LogP contribution >= 0.6 is 0 Å². The van der Waals surface area contributed by atoms with E-state index >= 15 is 0 Å². The van der Waals surface area contributed by atoms with Gasteiger partial charge in [0, 0.05) is 16.9 Å². The highest BCUT2D eigenvalue weighted by Crippen LogP contribution is 2.55. The van der Waals surface area contributed by atoms with Gasteiger partial charge >= 0.3 is 5.97 Å². The molecular weight excluding hydrogens is 506 g/mol. The molecule has 1 saturated heterocycles. The standard InChI is InChI=1S/C33H23NO6/c1-17-9-11-21-23-15-22(19-10-12-25-27(14-19)39-16-38-25)28-30(29(23)33(37)40-26(21)13-17)32(36)34(31(28)35)24-8-4-6-18-5-2-3-7-20(18)24/h2-15,22,28-30H,16H2,1H3/t22-,28-,29-,30-/m1/s1. The quantitative estimate of drug-likeness (QED) is 0.197. The highest BCUT2D eigenvalue weighted by Gasteiger charge is 2.60. The van der Waals surface area contributed by atoms with Crippen molar-refractivity contribution >= 4 is 39.8 Å². The maximum Gasteiger partial charge on any atom is 0.319 e. The summed E-state index contributed by atoms with van der Waals surface area (Å²) in [6.07, 6.45) is 1.98. The molecule has 0 unspecified atom stereocenters. The molecule has 0 N–H and O–H groups in total. The zero-order valence-corrected chi connectivity index (χ0v) is 21.5. The summed E-state index contributed by atoms with van der Waals surface area (Å²) < 4.78 is 16.9. The Morgan fingerprint density at radius 1 is 0.775 bits per heavy atom. The van der Waals surface area contributed by atoms with E-state index in [0.29, 0.717) is 22.9 Å². The average molecular weight is 530 g/mol. The second kappa shape index (κ2) is 8.29. The normalized spacial score (nSPS) is 24.4. The topological polar surface area (TPSA) is 82.1 Å². The Morgan fingerprint density at radius 3 is 2.48 bits per heavy atom. The molecule has 196 valence electrons. The summed E-state index contributed by atoms with van der Waals surface area (Å²) in [6.45, 7) is 2.06. The predicted octanol–water partition coefficient (Wildman–Crippen LogP) is 5.40. The van der Waals surface area contributed by atoms with Gasteiger partial charge in [-0.3, -0.25) is 14.4 Å². The lowest BCUT2D eigenvalue weighted by Gasteiger charge is -2.38. The number of carbonyl (C=O) groups excluding carboxylic acids is 3. The fourth-order valence-electron chi connectivity index (χ4n) is 6.76. The summed E-state index contributed by atoms with van der Waals surface area (Å²) in [5, 5.41) is 1.72. The maximum absolute atomic E-state index is 14.4. The van der Waals surface area contributed by atoms with E-state index in [9.17, 15) is 14.4 Å². The van der Waals surface area contributed by atoms with E-state index in [-0.39, 0.29) is 18.6 Å². The molecule has 4 aromatic carbocycles. The number of rotatable bonds is 2. The minimum absolute atomic E-state index is 0.128. The zero-order valence-electron chi connectivity index (χ0n) is 21.5. The van der Waals surface area contributed by atoms with Gasteiger partial charge in [0.05, 0.1) is 23.4 Å². The van der Waals surface area contributed by atoms with Crippen molar-refractivity contribution < 1.29 is 28.6 Å². The van der Waals surface area contributed by atoms with E-state index < -0.39 is 29.6 Å². The van der Waals surface area contributed by atoms with Crippen molar-refractivity contribution in [3.05, 3.63) is 102 Å². The second-order valence-electron chi connectivity index (χ2n) is 10.7. The molecule has 4 atom stereocenters. The first kappa shape index (κ1) is 23.0. The number of benzene rings is 4. The van der Waals surface area contributed by atoms with Crippen LogP contribution < -0.4 is 19.1 Å². The fraction of sp³-hybridized carbons (Fsp3) is 0.182. The number of carbonyl (C=O) groups is 3. The van der Waals surface area contributed by atoms with Crippen LogP contribution in [0.1, 0.15) is 22.6 Å². The first-order valence-electron chi connectivity index (χ1n) is 13.3. The van der Waals surface area contributed by atoms with Gasteiger partial charge in [-0.25, -0.2) is 4.90 Å². The first-order chi connectivity index (χ1) is 19.5. The lowest BCUT2D eigenvalue weighted by Crippen LogP contribution is -2.42. The molecule has 8 rings (SSSR count). The van der Waals surface area contributed by atoms with Crippen LogP contribution in [0.15, 0.2) is 84.9 Å². The fourth-order valence-corrected chi connectivity index (χ4v) is 6.76. The Balaban J connectivity index is 1.34. The maximum atomic E-state index is 14.4. The monoisotopic (exact) mass is 529 g/mol. The van der Waals surface area contributed by atoms with Crippen molar-refractivity contribution in [3.8, 4) is 17.2 Å². The van der Waals surface area contributed by atoms with Crippen LogP contribution in [-0.4, -0.2) is 24.6 Å². The van der Waals surface area contributed by atoms with Crippen molar-refractivity contribution in [2.75, 3.05) is 11.7 Å². The Bertz CT molecular complexity index is 1820. The molecule has 0 bridgehead atoms. The molecule has 0 saturated carbocycles. The van der Waals surface area contributed by atoms with Gasteiger partial charge in [0.15, 0.2) is 11.5 Å². The molecule has 1 aliphatic carbocycles. The van der Waals surface area contributed by atoms with E-state index in [4.69, 9.17) is 14.2 Å². The van der Waals surface area contributed by atoms with E-state index in [2.05, 4.69) is 0 Å². The summed E-state index contributed by atoms with van der Waals surface area (Å²) in [4.78, 5) is 43.6. The van der Waals surface area contributed by atoms with Gasteiger partial charge in [-0.2, -0.15) is 0 Å². The summed E-state index contributed by atoms with van der Waals surface area (Å²) in [7, 11) is 0. The largest absolute Gasteiger partial charge is 0.454 e. The van der Waals surface area contributed by atoms with E-state index in [0.717, 1.165) is 33.0 Å². The van der Waals surface area contributed by atoms with Gasteiger partial charge in [0.25, 0.3) is 0 Å². The van der Waals surface area contributed by atoms with Crippen LogP contribution in [0, 0.1) is 24.7 Å². The lowest BCUT2D eigenvalue weighted by atomic mass is 9.64. The number of hydrogen-bond donors (Lipinski definition) is 0. The smallest absolute Gasteiger partial charge is 0.319 e. The third-order valence-electron chi connectivity index (χ3n) is 8.54. The number of anilines is 1. The number of fused-ring (bicyclic) bond motifs is 7. The van der Waals surface area contributed by atoms with Gasteiger partial charge in [-0.15, -0.1) is 0 Å². The molecular formula is C33H23NO6. The van der Waals surface area contributed by atoms with Crippen molar-refractivity contribution in [2.24, 2.45) is 17.8 Å². The summed E-state index contributed by atoms with van der Waals surface area (Å²) >= 11 is 0. The third-order valence-corrected chi connectivity index (χ3v) is 8.54. The third kappa shape index (κ3) is 3.14. The lowest BCUT2D eigenvalue weighted by molar-refractivity contribution is -0.142. The number of amides is 2. The number of ether oxygens (including phenoxy) is 3. The molecule has 40 heavy (non-hydrogen) atoms. The van der Waals surface area contributed by atoms with E-state index in [1.807, 2.05) is 85.8 Å². The molecule has 2 amide bonds. The van der Waals surface area contributed by atoms with E-state index in [1.165, 1.54) is 4.90 Å². The van der Waals surface area contributed by atoms with Gasteiger partial charge in [-0.05, 0) is 53.3 Å². The van der Waals surface area contributed by atoms with Crippen LogP contribution in [0.25, 0.3) is 16.3 Å². The predicted molar refractivity (Wildman–Crippen MR) is 147 cm³/mol. The van der Waals surface area contributed by atoms with Crippen LogP contribution in [0.4, 0.5) is 5.69 Å². The number of aryl methyl sites for hydroxylation is 1. The molecule has 0 spiro atoms. The highest BCUT2D eigenvalue weighted by molar-refractivity contribution is 6.27. The number of imide groups is 1. The van der Waals surface area contributed by atoms with Crippen LogP contribution in [0.2, 0.25) is 0 Å². The number of esters is 1. The van der Waals surface area contributed by atoms with Gasteiger partial charge in [-0.1, -0.05) is 60.7 Å². The minimum Gasteiger partial charge on any atom is -0.454 e. The molecule has 7 nitrogen and oxygen atoms in total. The van der Waals surface area contributed by atoms with Gasteiger partial charge < -0.3 is 14.2 Å². The van der Waals surface area contributed by atoms with Crippen molar-refractivity contribution in [3.63, 3.8) is 0 Å². The van der Waals surface area contributed by atoms with Gasteiger partial charge in [0.1, 0.15) is 5.75 Å². The molecule has 7 heteroatoms. The molecule has 0 aromatic heterocycles. The molecule has 0 radical (unpaired) electrons. The van der Waals surface area contributed by atoms with Crippen molar-refractivity contribution in [1.29, 1.82) is 0 Å². The second-order valence-corrected chi connectivity index (χ2v) is 10.7. The van der Waals surface area contributed by atoms with Gasteiger partial charge in [0.2, 0.25) is 18.6 Å². The molecule has 4 aromatic rings. The highest BCUT2D eigenvalue weighted by atomic mass is 16.7. The Kier molecular flexibility index (Phi) is 4.77. The molecule has 3 heterocycles. The van der Waals surface area contributed by atoms with Crippen molar-refractivity contribution in [1.82, 2.24) is 0 Å². The van der Waals surface area contributed by atoms with Crippen LogP contribution in [0.3, 0.4) is 0 Å². The van der Waals surface area contributed by atoms with Crippen LogP contribution in [-0.2, 0) is 14.4 Å². The van der Waals surface area contributed by atoms with Crippen molar-refractivity contribution in [2.45, 2.75) is 12.8 Å². The van der Waals surface area contributed by atoms with Crippen LogP contribution in [0.5, 0.6) is 17.2 Å². The minimum atomic E-state index is -0.913. The average Bonchev–Trinajstić information content (AvgIpc) is 3.54. The molecule has 4 aliphatic rings. The number of nitrogens with zero attached hydrogens (tertiary/aromatic N) is 1. The zero-order chi connectivity index (χ0) is 27.1. The summed E-state index contributed by atoms with van der Waals surface area (Å²) in [6, 6.07) is 24.6. The SMILES string of the molecule is Cc1ccc2c(c1)OC(=O)[C@@H]1C2=C[C@H](c2ccc3c(c2)OCO3)[C@H]2C(=O)N(c3cccc4ccccc34)C(=O)[C@@H]12. The molecule has 1 fully saturated rings. The summed E-state index contributed by atoms with van der Waals surface area (Å²) in [5.74, 6) is -2.59. The Hall–Kier alpha value is -4.91. The number of allylic oxidation sites excluding steroid dienone is 1. The van der Waals surface area contributed by atoms with E-state index in [1.54, 1.807) is 6.07 Å². The number of hydrogen-bond acceptors (Lipinski definition) is 6. The summed E-state index contributed by atoms with van der Waals surface area (Å²) in [5.41, 5.74) is 3.78. The first-order valence-corrected chi connectivity index (χ1v) is 13.3. The molecule has 3 aliphatic heterocycles. The Morgan fingerprint density at radius 2 is 1.57 bits per heavy atom.